The molecule has 0 bridgehead atoms. The summed E-state index contributed by atoms with van der Waals surface area (Å²) in [6.45, 7) is 2.87. The van der Waals surface area contributed by atoms with Crippen LogP contribution in [0.1, 0.15) is 30.7 Å². The molecule has 1 aromatic carbocycles. The Kier molecular flexibility index (Phi) is 5.03. The minimum atomic E-state index is -0.0335. The number of hydrogen-bond acceptors (Lipinski definition) is 6. The number of benzene rings is 1. The highest BCUT2D eigenvalue weighted by Gasteiger charge is 2.47. The minimum Gasteiger partial charge on any atom is -0.318 e. The molecule has 1 aliphatic rings. The Morgan fingerprint density at radius 2 is 2.23 bits per heavy atom. The van der Waals surface area contributed by atoms with E-state index in [1.807, 2.05) is 29.0 Å². The topological polar surface area (TPSA) is 72.7 Å². The van der Waals surface area contributed by atoms with Crippen molar-refractivity contribution in [2.75, 3.05) is 5.32 Å². The van der Waals surface area contributed by atoms with Crippen molar-refractivity contribution in [3.8, 4) is 0 Å². The van der Waals surface area contributed by atoms with Gasteiger partial charge in [-0.25, -0.2) is 4.98 Å². The Hall–Kier alpha value is -2.19. The first-order valence-electron chi connectivity index (χ1n) is 8.55. The molecule has 0 saturated heterocycles. The minimum absolute atomic E-state index is 0.0228. The van der Waals surface area contributed by atoms with E-state index in [0.717, 1.165) is 28.8 Å². The third kappa shape index (κ3) is 3.81. The number of amides is 1. The van der Waals surface area contributed by atoms with Gasteiger partial charge in [-0.2, -0.15) is 0 Å². The smallest absolute Gasteiger partial charge is 0.230 e. The van der Waals surface area contributed by atoms with Crippen LogP contribution < -0.4 is 5.32 Å². The molecule has 4 rings (SSSR count). The number of nitrogens with one attached hydrogen (secondary N) is 1. The van der Waals surface area contributed by atoms with Gasteiger partial charge in [0.1, 0.15) is 12.2 Å². The van der Waals surface area contributed by atoms with Crippen LogP contribution in [-0.4, -0.2) is 25.7 Å². The summed E-state index contributed by atoms with van der Waals surface area (Å²) in [6.07, 6.45) is 4.37. The van der Waals surface area contributed by atoms with Crippen LogP contribution in [0.5, 0.6) is 0 Å². The van der Waals surface area contributed by atoms with Crippen molar-refractivity contribution >= 4 is 34.1 Å². The Morgan fingerprint density at radius 1 is 1.38 bits per heavy atom. The molecule has 1 aliphatic carbocycles. The lowest BCUT2D eigenvalue weighted by atomic mass is 10.2. The monoisotopic (exact) mass is 385 g/mol. The number of nitrogens with zero attached hydrogens (tertiary/aromatic N) is 4. The van der Waals surface area contributed by atoms with Gasteiger partial charge in [-0.15, -0.1) is 22.0 Å². The molecule has 3 aromatic rings. The van der Waals surface area contributed by atoms with Crippen LogP contribution in [0.2, 0.25) is 0 Å². The number of carbonyl (C=O) groups is 1. The number of thioether (sulfide) groups is 1. The lowest BCUT2D eigenvalue weighted by Gasteiger charge is -2.03. The zero-order chi connectivity index (χ0) is 17.9. The van der Waals surface area contributed by atoms with E-state index in [4.69, 9.17) is 0 Å². The van der Waals surface area contributed by atoms with E-state index in [1.165, 1.54) is 16.9 Å². The highest BCUT2D eigenvalue weighted by Crippen LogP contribution is 2.47. The molecule has 26 heavy (non-hydrogen) atoms. The molecule has 1 amide bonds. The first kappa shape index (κ1) is 17.2. The van der Waals surface area contributed by atoms with Crippen molar-refractivity contribution in [1.82, 2.24) is 19.7 Å². The van der Waals surface area contributed by atoms with Crippen LogP contribution in [0.25, 0.3) is 0 Å². The summed E-state index contributed by atoms with van der Waals surface area (Å²) in [5.74, 6) is 1.96. The summed E-state index contributed by atoms with van der Waals surface area (Å²) in [7, 11) is 0. The van der Waals surface area contributed by atoms with E-state index < -0.39 is 0 Å². The first-order valence-corrected chi connectivity index (χ1v) is 10.4. The van der Waals surface area contributed by atoms with E-state index in [2.05, 4.69) is 39.6 Å². The summed E-state index contributed by atoms with van der Waals surface area (Å²) in [6, 6.07) is 10.3. The van der Waals surface area contributed by atoms with Crippen molar-refractivity contribution in [3.05, 3.63) is 54.2 Å². The summed E-state index contributed by atoms with van der Waals surface area (Å²) < 4.78 is 3.10. The number of hydrogen-bond donors (Lipinski definition) is 1. The number of rotatable bonds is 7. The lowest BCUT2D eigenvalue weighted by molar-refractivity contribution is -0.117. The molecule has 1 saturated carbocycles. The molecule has 8 heteroatoms. The molecule has 2 heterocycles. The summed E-state index contributed by atoms with van der Waals surface area (Å²) in [5, 5.41) is 11.7. The molecule has 2 aromatic heterocycles. The fourth-order valence-electron chi connectivity index (χ4n) is 2.88. The highest BCUT2D eigenvalue weighted by molar-refractivity contribution is 8.00. The van der Waals surface area contributed by atoms with Gasteiger partial charge in [-0.3, -0.25) is 4.79 Å². The van der Waals surface area contributed by atoms with Gasteiger partial charge in [0.2, 0.25) is 5.91 Å². The average molecular weight is 386 g/mol. The maximum Gasteiger partial charge on any atom is 0.230 e. The van der Waals surface area contributed by atoms with Crippen LogP contribution in [-0.2, 0) is 17.1 Å². The first-order chi connectivity index (χ1) is 12.7. The number of aryl methyl sites for hydroxylation is 1. The van der Waals surface area contributed by atoms with Crippen molar-refractivity contribution in [1.29, 1.82) is 0 Å². The molecular formula is C18H19N5OS2. The molecular weight excluding hydrogens is 366 g/mol. The number of aromatic nitrogens is 4. The normalized spacial score (nSPS) is 18.7. The molecule has 0 spiro atoms. The Balaban J connectivity index is 1.31. The Morgan fingerprint density at radius 3 is 3.04 bits per heavy atom. The standard InChI is InChI=1S/C18H19N5OS2/c1-2-23-11-20-22-16(23)13-8-14(13)17(24)21-18-19-9-15(26-18)25-10-12-6-4-3-5-7-12/h3-7,9,11,13-14H,2,8,10H2,1H3,(H,19,21,24). The number of carbonyl (C=O) groups excluding carboxylic acids is 1. The third-order valence-corrected chi connectivity index (χ3v) is 6.56. The molecule has 2 atom stereocenters. The zero-order valence-electron chi connectivity index (χ0n) is 14.3. The summed E-state index contributed by atoms with van der Waals surface area (Å²) in [4.78, 5) is 16.8. The van der Waals surface area contributed by atoms with Gasteiger partial charge >= 0.3 is 0 Å². The van der Waals surface area contributed by atoms with E-state index in [9.17, 15) is 4.79 Å². The van der Waals surface area contributed by atoms with Gasteiger partial charge in [0, 0.05) is 24.1 Å². The largest absolute Gasteiger partial charge is 0.318 e. The molecule has 1 fully saturated rings. The highest BCUT2D eigenvalue weighted by atomic mass is 32.2. The average Bonchev–Trinajstić information content (AvgIpc) is 3.11. The fraction of sp³-hybridized carbons (Fsp3) is 0.333. The van der Waals surface area contributed by atoms with Gasteiger partial charge in [-0.05, 0) is 18.9 Å². The number of anilines is 1. The van der Waals surface area contributed by atoms with Gasteiger partial charge < -0.3 is 9.88 Å². The molecule has 1 N–H and O–H groups in total. The predicted molar refractivity (Wildman–Crippen MR) is 103 cm³/mol. The fourth-order valence-corrected chi connectivity index (χ4v) is 4.71. The second-order valence-electron chi connectivity index (χ2n) is 6.17. The van der Waals surface area contributed by atoms with Crippen molar-refractivity contribution in [2.45, 2.75) is 35.8 Å². The predicted octanol–water partition coefficient (Wildman–Crippen LogP) is 3.79. The van der Waals surface area contributed by atoms with Crippen LogP contribution in [0.4, 0.5) is 5.13 Å². The molecule has 6 nitrogen and oxygen atoms in total. The summed E-state index contributed by atoms with van der Waals surface area (Å²) in [5.41, 5.74) is 1.28. The molecule has 134 valence electrons. The van der Waals surface area contributed by atoms with Crippen molar-refractivity contribution < 1.29 is 4.79 Å². The molecule has 2 unspecified atom stereocenters. The van der Waals surface area contributed by atoms with Crippen LogP contribution in [0.3, 0.4) is 0 Å². The van der Waals surface area contributed by atoms with Crippen LogP contribution >= 0.6 is 23.1 Å². The second kappa shape index (κ2) is 7.59. The van der Waals surface area contributed by atoms with E-state index >= 15 is 0 Å². The maximum absolute atomic E-state index is 12.5. The second-order valence-corrected chi connectivity index (χ2v) is 8.48. The van der Waals surface area contributed by atoms with Crippen LogP contribution in [0, 0.1) is 5.92 Å². The van der Waals surface area contributed by atoms with E-state index in [0.29, 0.717) is 5.13 Å². The quantitative estimate of drug-likeness (QED) is 0.627. The third-order valence-electron chi connectivity index (χ3n) is 4.38. The molecule has 0 radical (unpaired) electrons. The lowest BCUT2D eigenvalue weighted by Crippen LogP contribution is -2.15. The maximum atomic E-state index is 12.5. The Bertz CT molecular complexity index is 892. The Labute approximate surface area is 160 Å². The zero-order valence-corrected chi connectivity index (χ0v) is 16.0. The number of thiazole rings is 1. The molecule has 0 aliphatic heterocycles. The SMILES string of the molecule is CCn1cnnc1C1CC1C(=O)Nc1ncc(SCc2ccccc2)s1. The van der Waals surface area contributed by atoms with Gasteiger partial charge in [-0.1, -0.05) is 41.7 Å². The van der Waals surface area contributed by atoms with E-state index in [-0.39, 0.29) is 17.7 Å². The van der Waals surface area contributed by atoms with Crippen molar-refractivity contribution in [2.24, 2.45) is 5.92 Å². The van der Waals surface area contributed by atoms with Crippen molar-refractivity contribution in [3.63, 3.8) is 0 Å². The van der Waals surface area contributed by atoms with Crippen LogP contribution in [0.15, 0.2) is 47.1 Å². The van der Waals surface area contributed by atoms with E-state index in [1.54, 1.807) is 18.1 Å². The van der Waals surface area contributed by atoms with Gasteiger partial charge in [0.25, 0.3) is 0 Å². The van der Waals surface area contributed by atoms with Gasteiger partial charge in [0.15, 0.2) is 5.13 Å². The summed E-state index contributed by atoms with van der Waals surface area (Å²) >= 11 is 3.25. The van der Waals surface area contributed by atoms with Gasteiger partial charge in [0.05, 0.1) is 10.4 Å².